The summed E-state index contributed by atoms with van der Waals surface area (Å²) in [5.74, 6) is 0.753. The van der Waals surface area contributed by atoms with Crippen LogP contribution in [0.15, 0.2) is 4.99 Å². The van der Waals surface area contributed by atoms with Crippen LogP contribution < -0.4 is 10.6 Å². The lowest BCUT2D eigenvalue weighted by Gasteiger charge is -2.40. The topological polar surface area (TPSA) is 69.2 Å². The Morgan fingerprint density at radius 1 is 1.21 bits per heavy atom. The van der Waals surface area contributed by atoms with E-state index in [-0.39, 0.29) is 18.1 Å². The molecule has 10 heteroatoms. The first-order valence-electron chi connectivity index (χ1n) is 9.77. The van der Waals surface area contributed by atoms with Gasteiger partial charge < -0.3 is 20.3 Å². The molecule has 0 radical (unpaired) electrons. The van der Waals surface area contributed by atoms with Crippen molar-refractivity contribution >= 4 is 12.1 Å². The Hall–Kier alpha value is -1.71. The number of carbonyl (C=O) groups excluding carboxylic acids is 1. The molecule has 0 bridgehead atoms. The summed E-state index contributed by atoms with van der Waals surface area (Å²) in [6, 6.07) is 0.0793. The monoisotopic (exact) mass is 407 g/mol. The van der Waals surface area contributed by atoms with Crippen LogP contribution in [0.3, 0.4) is 0 Å². The highest BCUT2D eigenvalue weighted by atomic mass is 19.4. The van der Waals surface area contributed by atoms with E-state index in [1.807, 2.05) is 27.7 Å². The normalized spacial score (nSPS) is 22.2. The van der Waals surface area contributed by atoms with Gasteiger partial charge in [-0.15, -0.1) is 0 Å². The van der Waals surface area contributed by atoms with Gasteiger partial charge >= 0.3 is 12.3 Å². The first kappa shape index (κ1) is 22.6. The summed E-state index contributed by atoms with van der Waals surface area (Å²) in [6.45, 7) is 9.67. The van der Waals surface area contributed by atoms with Gasteiger partial charge in [-0.1, -0.05) is 0 Å². The molecule has 0 aromatic heterocycles. The van der Waals surface area contributed by atoms with Crippen LogP contribution in [0, 0.1) is 5.92 Å². The predicted molar refractivity (Wildman–Crippen MR) is 101 cm³/mol. The summed E-state index contributed by atoms with van der Waals surface area (Å²) < 4.78 is 42.8. The molecule has 0 aromatic carbocycles. The fourth-order valence-electron chi connectivity index (χ4n) is 3.24. The Balaban J connectivity index is 1.76. The zero-order chi connectivity index (χ0) is 20.9. The highest BCUT2D eigenvalue weighted by Gasteiger charge is 2.35. The van der Waals surface area contributed by atoms with Crippen LogP contribution >= 0.6 is 0 Å². The molecule has 7 nitrogen and oxygen atoms in total. The third kappa shape index (κ3) is 7.73. The predicted octanol–water partition coefficient (Wildman–Crippen LogP) is 2.04. The number of aliphatic imine (C=N–C) groups is 1. The van der Waals surface area contributed by atoms with Crippen molar-refractivity contribution in [2.75, 3.05) is 45.8 Å². The van der Waals surface area contributed by atoms with Crippen LogP contribution in [0.5, 0.6) is 0 Å². The summed E-state index contributed by atoms with van der Waals surface area (Å²) in [6.07, 6.45) is -3.77. The van der Waals surface area contributed by atoms with Gasteiger partial charge in [-0.2, -0.15) is 13.2 Å². The van der Waals surface area contributed by atoms with E-state index in [9.17, 15) is 18.0 Å². The summed E-state index contributed by atoms with van der Waals surface area (Å²) in [5.41, 5.74) is -0.521. The minimum atomic E-state index is -4.15. The summed E-state index contributed by atoms with van der Waals surface area (Å²) in [5, 5.41) is 6.42. The van der Waals surface area contributed by atoms with Gasteiger partial charge in [0.25, 0.3) is 0 Å². The van der Waals surface area contributed by atoms with Crippen LogP contribution in [0.2, 0.25) is 0 Å². The molecule has 2 heterocycles. The molecule has 2 N–H and O–H groups in total. The van der Waals surface area contributed by atoms with E-state index >= 15 is 0 Å². The van der Waals surface area contributed by atoms with Crippen LogP contribution in [0.25, 0.3) is 0 Å². The molecule has 2 fully saturated rings. The molecule has 162 valence electrons. The van der Waals surface area contributed by atoms with Crippen molar-refractivity contribution in [1.82, 2.24) is 20.4 Å². The minimum Gasteiger partial charge on any atom is -0.444 e. The van der Waals surface area contributed by atoms with Gasteiger partial charge in [0.2, 0.25) is 0 Å². The average Bonchev–Trinajstić information content (AvgIpc) is 2.91. The standard InChI is InChI=1S/C18H32F3N5O2/c1-5-22-15(23-8-13-6-7-25(9-13)12-18(19,20)21)24-14-10-26(11-14)16(27)28-17(2,3)4/h13-14H,5-12H2,1-4H3,(H2,22,23,24). The Bertz CT molecular complexity index is 556. The van der Waals surface area contributed by atoms with Crippen LogP contribution in [0.1, 0.15) is 34.1 Å². The molecular formula is C18H32F3N5O2. The maximum absolute atomic E-state index is 12.5. The van der Waals surface area contributed by atoms with E-state index in [0.717, 1.165) is 6.42 Å². The molecule has 0 aromatic rings. The number of hydrogen-bond donors (Lipinski definition) is 2. The van der Waals surface area contributed by atoms with E-state index in [2.05, 4.69) is 15.6 Å². The van der Waals surface area contributed by atoms with E-state index in [1.54, 1.807) is 4.90 Å². The molecule has 0 spiro atoms. The molecule has 2 aliphatic rings. The molecule has 1 amide bonds. The van der Waals surface area contributed by atoms with Gasteiger partial charge in [0, 0.05) is 32.7 Å². The highest BCUT2D eigenvalue weighted by molar-refractivity contribution is 5.80. The molecule has 1 unspecified atom stereocenters. The Labute approximate surface area is 164 Å². The van der Waals surface area contributed by atoms with Gasteiger partial charge in [0.05, 0.1) is 12.6 Å². The van der Waals surface area contributed by atoms with E-state index < -0.39 is 18.3 Å². The van der Waals surface area contributed by atoms with Crippen molar-refractivity contribution in [3.8, 4) is 0 Å². The molecular weight excluding hydrogens is 375 g/mol. The lowest BCUT2D eigenvalue weighted by atomic mass is 10.1. The van der Waals surface area contributed by atoms with Crippen molar-refractivity contribution in [1.29, 1.82) is 0 Å². The maximum atomic E-state index is 12.5. The van der Waals surface area contributed by atoms with Crippen LogP contribution in [0.4, 0.5) is 18.0 Å². The molecule has 2 rings (SSSR count). The summed E-state index contributed by atoms with van der Waals surface area (Å²) in [4.78, 5) is 19.6. The van der Waals surface area contributed by atoms with E-state index in [4.69, 9.17) is 4.74 Å². The number of alkyl halides is 3. The van der Waals surface area contributed by atoms with Crippen molar-refractivity contribution in [2.45, 2.75) is 51.9 Å². The Kier molecular flexibility index (Phi) is 7.41. The molecule has 0 aliphatic carbocycles. The van der Waals surface area contributed by atoms with Gasteiger partial charge in [-0.05, 0) is 46.6 Å². The average molecular weight is 407 g/mol. The number of hydrogen-bond acceptors (Lipinski definition) is 4. The third-order valence-electron chi connectivity index (χ3n) is 4.50. The van der Waals surface area contributed by atoms with Gasteiger partial charge in [0.15, 0.2) is 5.96 Å². The largest absolute Gasteiger partial charge is 0.444 e. The summed E-state index contributed by atoms with van der Waals surface area (Å²) in [7, 11) is 0. The number of likely N-dealkylation sites (tertiary alicyclic amines) is 2. The van der Waals surface area contributed by atoms with E-state index in [0.29, 0.717) is 45.2 Å². The first-order valence-corrected chi connectivity index (χ1v) is 9.77. The molecule has 2 aliphatic heterocycles. The molecule has 2 saturated heterocycles. The zero-order valence-electron chi connectivity index (χ0n) is 17.1. The Morgan fingerprint density at radius 3 is 2.46 bits per heavy atom. The quantitative estimate of drug-likeness (QED) is 0.539. The number of rotatable bonds is 5. The SMILES string of the molecule is CCNC(=NCC1CCN(CC(F)(F)F)C1)NC1CN(C(=O)OC(C)(C)C)C1. The molecule has 28 heavy (non-hydrogen) atoms. The lowest BCUT2D eigenvalue weighted by molar-refractivity contribution is -0.143. The van der Waals surface area contributed by atoms with E-state index in [1.165, 1.54) is 4.90 Å². The fraction of sp³-hybridized carbons (Fsp3) is 0.889. The third-order valence-corrected chi connectivity index (χ3v) is 4.50. The number of nitrogens with one attached hydrogen (secondary N) is 2. The smallest absolute Gasteiger partial charge is 0.410 e. The van der Waals surface area contributed by atoms with Crippen molar-refractivity contribution < 1.29 is 22.7 Å². The minimum absolute atomic E-state index is 0.0793. The van der Waals surface area contributed by atoms with Crippen molar-refractivity contribution in [3.05, 3.63) is 0 Å². The van der Waals surface area contributed by atoms with Gasteiger partial charge in [-0.25, -0.2) is 4.79 Å². The number of guanidine groups is 1. The number of carbonyl (C=O) groups is 1. The molecule has 0 saturated carbocycles. The second-order valence-electron chi connectivity index (χ2n) is 8.45. The van der Waals surface area contributed by atoms with Gasteiger partial charge in [0.1, 0.15) is 5.60 Å². The fourth-order valence-corrected chi connectivity index (χ4v) is 3.24. The Morgan fingerprint density at radius 2 is 1.89 bits per heavy atom. The second-order valence-corrected chi connectivity index (χ2v) is 8.45. The van der Waals surface area contributed by atoms with Crippen LogP contribution in [-0.4, -0.2) is 85.5 Å². The highest BCUT2D eigenvalue weighted by Crippen LogP contribution is 2.23. The second kappa shape index (κ2) is 9.19. The van der Waals surface area contributed by atoms with Gasteiger partial charge in [-0.3, -0.25) is 9.89 Å². The first-order chi connectivity index (χ1) is 12.9. The number of halogens is 3. The number of amides is 1. The lowest BCUT2D eigenvalue weighted by Crippen LogP contribution is -2.63. The maximum Gasteiger partial charge on any atom is 0.410 e. The number of ether oxygens (including phenoxy) is 1. The van der Waals surface area contributed by atoms with Crippen molar-refractivity contribution in [2.24, 2.45) is 10.9 Å². The zero-order valence-corrected chi connectivity index (χ0v) is 17.1. The number of nitrogens with zero attached hydrogens (tertiary/aromatic N) is 3. The van der Waals surface area contributed by atoms with Crippen molar-refractivity contribution in [3.63, 3.8) is 0 Å². The molecule has 1 atom stereocenters. The van der Waals surface area contributed by atoms with Crippen LogP contribution in [-0.2, 0) is 4.74 Å². The summed E-state index contributed by atoms with van der Waals surface area (Å²) >= 11 is 0.